The highest BCUT2D eigenvalue weighted by molar-refractivity contribution is 5.08. The smallest absolute Gasteiger partial charge is 0.0577 e. The third kappa shape index (κ3) is 4.17. The molecule has 0 spiro atoms. The summed E-state index contributed by atoms with van der Waals surface area (Å²) in [6, 6.07) is 0. The van der Waals surface area contributed by atoms with E-state index in [1.165, 1.54) is 38.5 Å². The molecule has 0 aromatic carbocycles. The number of ether oxygens (including phenoxy) is 2. The normalized spacial score (nSPS) is 50.8. The van der Waals surface area contributed by atoms with Gasteiger partial charge in [0.05, 0.1) is 37.6 Å². The summed E-state index contributed by atoms with van der Waals surface area (Å²) in [7, 11) is 0. The monoisotopic (exact) mass is 392 g/mol. The van der Waals surface area contributed by atoms with E-state index in [0.29, 0.717) is 23.0 Å². The molecule has 160 valence electrons. The van der Waals surface area contributed by atoms with Gasteiger partial charge in [-0.1, -0.05) is 0 Å². The standard InChI is InChI=1S/C24H40O4/c25-19-1-5-21(6-2-19)27-15-23-10-17-9-18(11-23)13-24(12-17,14-23)16-28-22-7-3-20(26)4-8-22/h17-22,25-26H,1-16H2. The van der Waals surface area contributed by atoms with Crippen LogP contribution in [0.3, 0.4) is 0 Å². The predicted molar refractivity (Wildman–Crippen MR) is 108 cm³/mol. The second kappa shape index (κ2) is 7.83. The summed E-state index contributed by atoms with van der Waals surface area (Å²) in [5.74, 6) is 1.77. The highest BCUT2D eigenvalue weighted by Crippen LogP contribution is 2.65. The first-order valence-corrected chi connectivity index (χ1v) is 12.1. The van der Waals surface area contributed by atoms with E-state index < -0.39 is 0 Å². The van der Waals surface area contributed by atoms with Gasteiger partial charge in [-0.15, -0.1) is 0 Å². The molecule has 2 N–H and O–H groups in total. The minimum Gasteiger partial charge on any atom is -0.393 e. The molecule has 6 saturated carbocycles. The molecule has 0 aliphatic heterocycles. The summed E-state index contributed by atoms with van der Waals surface area (Å²) >= 11 is 0. The number of hydrogen-bond acceptors (Lipinski definition) is 4. The molecular weight excluding hydrogens is 352 g/mol. The maximum absolute atomic E-state index is 9.76. The molecule has 6 aliphatic carbocycles. The lowest BCUT2D eigenvalue weighted by Gasteiger charge is -2.62. The van der Waals surface area contributed by atoms with Crippen LogP contribution in [0.4, 0.5) is 0 Å². The molecule has 0 heterocycles. The van der Waals surface area contributed by atoms with Gasteiger partial charge in [0.1, 0.15) is 0 Å². The molecular formula is C24H40O4. The van der Waals surface area contributed by atoms with Crippen LogP contribution in [-0.2, 0) is 9.47 Å². The predicted octanol–water partition coefficient (Wildman–Crippen LogP) is 4.21. The summed E-state index contributed by atoms with van der Waals surface area (Å²) < 4.78 is 13.0. The van der Waals surface area contributed by atoms with E-state index in [2.05, 4.69) is 0 Å². The fraction of sp³-hybridized carbons (Fsp3) is 1.00. The molecule has 6 fully saturated rings. The quantitative estimate of drug-likeness (QED) is 0.711. The Morgan fingerprint density at radius 2 is 1.00 bits per heavy atom. The Kier molecular flexibility index (Phi) is 5.53. The lowest BCUT2D eigenvalue weighted by molar-refractivity contribution is -0.178. The average molecular weight is 393 g/mol. The van der Waals surface area contributed by atoms with Crippen molar-refractivity contribution in [3.8, 4) is 0 Å². The number of aliphatic hydroxyl groups excluding tert-OH is 2. The van der Waals surface area contributed by atoms with Crippen LogP contribution in [0.1, 0.15) is 89.9 Å². The number of aliphatic hydroxyl groups is 2. The SMILES string of the molecule is OC1CCC(OCC23CC4CC(C2)CC(COC2CCC(O)CC2)(C4)C3)CC1. The molecule has 4 nitrogen and oxygen atoms in total. The molecule has 0 amide bonds. The van der Waals surface area contributed by atoms with E-state index in [-0.39, 0.29) is 12.2 Å². The molecule has 4 heteroatoms. The van der Waals surface area contributed by atoms with Gasteiger partial charge in [-0.25, -0.2) is 0 Å². The molecule has 0 unspecified atom stereocenters. The van der Waals surface area contributed by atoms with Gasteiger partial charge in [-0.05, 0) is 113 Å². The van der Waals surface area contributed by atoms with Crippen molar-refractivity contribution in [3.05, 3.63) is 0 Å². The van der Waals surface area contributed by atoms with Gasteiger partial charge in [-0.3, -0.25) is 0 Å². The Balaban J connectivity index is 1.19. The Bertz CT molecular complexity index is 475. The molecule has 28 heavy (non-hydrogen) atoms. The molecule has 6 rings (SSSR count). The van der Waals surface area contributed by atoms with E-state index in [9.17, 15) is 10.2 Å². The maximum Gasteiger partial charge on any atom is 0.0577 e. The van der Waals surface area contributed by atoms with Crippen molar-refractivity contribution in [3.63, 3.8) is 0 Å². The van der Waals surface area contributed by atoms with E-state index >= 15 is 0 Å². The van der Waals surface area contributed by atoms with Gasteiger partial charge >= 0.3 is 0 Å². The van der Waals surface area contributed by atoms with Crippen LogP contribution in [0.2, 0.25) is 0 Å². The van der Waals surface area contributed by atoms with Crippen molar-refractivity contribution in [2.24, 2.45) is 22.7 Å². The van der Waals surface area contributed by atoms with Crippen molar-refractivity contribution in [2.45, 2.75) is 114 Å². The van der Waals surface area contributed by atoms with Gasteiger partial charge in [0.2, 0.25) is 0 Å². The Morgan fingerprint density at radius 1 is 0.607 bits per heavy atom. The zero-order chi connectivity index (χ0) is 19.2. The van der Waals surface area contributed by atoms with Crippen molar-refractivity contribution in [1.82, 2.24) is 0 Å². The maximum atomic E-state index is 9.76. The second-order valence-electron chi connectivity index (χ2n) is 11.4. The summed E-state index contributed by atoms with van der Waals surface area (Å²) in [5.41, 5.74) is 0.790. The van der Waals surface area contributed by atoms with Crippen molar-refractivity contribution >= 4 is 0 Å². The average Bonchev–Trinajstić information content (AvgIpc) is 2.66. The number of rotatable bonds is 6. The highest BCUT2D eigenvalue weighted by atomic mass is 16.5. The second-order valence-corrected chi connectivity index (χ2v) is 11.4. The Hall–Kier alpha value is -0.160. The Labute approximate surface area is 170 Å². The third-order valence-corrected chi connectivity index (χ3v) is 8.84. The van der Waals surface area contributed by atoms with Crippen LogP contribution in [0.5, 0.6) is 0 Å². The lowest BCUT2D eigenvalue weighted by atomic mass is 9.44. The molecule has 0 saturated heterocycles. The van der Waals surface area contributed by atoms with Gasteiger partial charge in [0, 0.05) is 0 Å². The van der Waals surface area contributed by atoms with E-state index in [1.54, 1.807) is 0 Å². The van der Waals surface area contributed by atoms with Crippen LogP contribution < -0.4 is 0 Å². The van der Waals surface area contributed by atoms with Crippen LogP contribution in [-0.4, -0.2) is 47.8 Å². The van der Waals surface area contributed by atoms with Crippen LogP contribution in [0.15, 0.2) is 0 Å². The summed E-state index contributed by atoms with van der Waals surface area (Å²) in [6.07, 6.45) is 16.6. The fourth-order valence-electron chi connectivity index (χ4n) is 8.00. The summed E-state index contributed by atoms with van der Waals surface area (Å²) in [4.78, 5) is 0. The zero-order valence-corrected chi connectivity index (χ0v) is 17.5. The summed E-state index contributed by atoms with van der Waals surface area (Å²) in [6.45, 7) is 1.89. The van der Waals surface area contributed by atoms with Crippen LogP contribution in [0, 0.1) is 22.7 Å². The van der Waals surface area contributed by atoms with Crippen LogP contribution in [0.25, 0.3) is 0 Å². The first kappa shape index (κ1) is 19.8. The first-order valence-electron chi connectivity index (χ1n) is 12.1. The van der Waals surface area contributed by atoms with Crippen molar-refractivity contribution in [1.29, 1.82) is 0 Å². The van der Waals surface area contributed by atoms with Gasteiger partial charge in [0.25, 0.3) is 0 Å². The topological polar surface area (TPSA) is 58.9 Å². The van der Waals surface area contributed by atoms with Gasteiger partial charge in [-0.2, -0.15) is 0 Å². The van der Waals surface area contributed by atoms with E-state index in [4.69, 9.17) is 9.47 Å². The zero-order valence-electron chi connectivity index (χ0n) is 17.5. The molecule has 0 atom stereocenters. The van der Waals surface area contributed by atoms with Gasteiger partial charge < -0.3 is 19.7 Å². The molecule has 0 aromatic rings. The highest BCUT2D eigenvalue weighted by Gasteiger charge is 2.58. The largest absolute Gasteiger partial charge is 0.393 e. The molecule has 0 radical (unpaired) electrons. The van der Waals surface area contributed by atoms with Crippen molar-refractivity contribution in [2.75, 3.05) is 13.2 Å². The molecule has 0 aromatic heterocycles. The Morgan fingerprint density at radius 3 is 1.39 bits per heavy atom. The fourth-order valence-corrected chi connectivity index (χ4v) is 8.00. The van der Waals surface area contributed by atoms with Crippen molar-refractivity contribution < 1.29 is 19.7 Å². The molecule has 6 aliphatic rings. The van der Waals surface area contributed by atoms with E-state index in [0.717, 1.165) is 76.4 Å². The molecule has 4 bridgehead atoms. The van der Waals surface area contributed by atoms with Gasteiger partial charge in [0.15, 0.2) is 0 Å². The lowest BCUT2D eigenvalue weighted by Crippen LogP contribution is -2.55. The summed E-state index contributed by atoms with van der Waals surface area (Å²) in [5, 5.41) is 19.5. The number of hydrogen-bond donors (Lipinski definition) is 2. The first-order chi connectivity index (χ1) is 13.5. The third-order valence-electron chi connectivity index (χ3n) is 8.84. The minimum absolute atomic E-state index is 0.0966. The van der Waals surface area contributed by atoms with E-state index in [1.807, 2.05) is 0 Å². The van der Waals surface area contributed by atoms with Crippen LogP contribution >= 0.6 is 0 Å². The minimum atomic E-state index is -0.0966.